The molecule has 0 aliphatic rings. The van der Waals surface area contributed by atoms with Crippen molar-refractivity contribution in [1.82, 2.24) is 0 Å². The molecule has 0 aromatic rings. The molecule has 0 atom stereocenters. The summed E-state index contributed by atoms with van der Waals surface area (Å²) in [5.74, 6) is -0.719. The number of unbranched alkanes of at least 4 members (excludes halogenated alkanes) is 2. The summed E-state index contributed by atoms with van der Waals surface area (Å²) in [5.41, 5.74) is 0. The van der Waals surface area contributed by atoms with Crippen LogP contribution in [0.15, 0.2) is 0 Å². The Morgan fingerprint density at radius 2 is 1.92 bits per heavy atom. The van der Waals surface area contributed by atoms with Crippen molar-refractivity contribution in [2.75, 3.05) is 13.2 Å². The normalized spacial score (nSPS) is 10.1. The molecule has 1 N–H and O–H groups in total. The van der Waals surface area contributed by atoms with Gasteiger partial charge >= 0.3 is 5.97 Å². The number of hydrogen-bond acceptors (Lipinski definition) is 2. The van der Waals surface area contributed by atoms with Gasteiger partial charge in [0, 0.05) is 19.6 Å². The molecule has 3 heteroatoms. The van der Waals surface area contributed by atoms with Gasteiger partial charge in [0.2, 0.25) is 0 Å². The van der Waals surface area contributed by atoms with Crippen LogP contribution in [0.4, 0.5) is 0 Å². The van der Waals surface area contributed by atoms with Crippen molar-refractivity contribution in [1.29, 1.82) is 0 Å². The van der Waals surface area contributed by atoms with Gasteiger partial charge in [-0.05, 0) is 19.3 Å². The van der Waals surface area contributed by atoms with Crippen LogP contribution >= 0.6 is 0 Å². The number of carboxylic acids is 1. The second-order valence-corrected chi connectivity index (χ2v) is 2.82. The molecule has 3 nitrogen and oxygen atoms in total. The van der Waals surface area contributed by atoms with Crippen molar-refractivity contribution >= 4 is 5.97 Å². The third-order valence-corrected chi connectivity index (χ3v) is 1.57. The highest BCUT2D eigenvalue weighted by molar-refractivity contribution is 5.66. The van der Waals surface area contributed by atoms with E-state index in [1.165, 1.54) is 0 Å². The van der Waals surface area contributed by atoms with E-state index >= 15 is 0 Å². The van der Waals surface area contributed by atoms with Gasteiger partial charge in [-0.15, -0.1) is 0 Å². The molecule has 0 aliphatic carbocycles. The first-order valence-electron chi connectivity index (χ1n) is 4.57. The Morgan fingerprint density at radius 3 is 2.50 bits per heavy atom. The maximum absolute atomic E-state index is 10.1. The van der Waals surface area contributed by atoms with E-state index in [2.05, 4.69) is 6.92 Å². The van der Waals surface area contributed by atoms with Crippen LogP contribution in [0, 0.1) is 0 Å². The minimum Gasteiger partial charge on any atom is -0.481 e. The van der Waals surface area contributed by atoms with Crippen LogP contribution in [0.2, 0.25) is 0 Å². The summed E-state index contributed by atoms with van der Waals surface area (Å²) in [5, 5.41) is 8.31. The van der Waals surface area contributed by atoms with Crippen molar-refractivity contribution < 1.29 is 14.6 Å². The first-order chi connectivity index (χ1) is 5.77. The monoisotopic (exact) mass is 174 g/mol. The third kappa shape index (κ3) is 9.43. The van der Waals surface area contributed by atoms with Crippen LogP contribution < -0.4 is 0 Å². The lowest BCUT2D eigenvalue weighted by molar-refractivity contribution is -0.137. The molecule has 0 aliphatic heterocycles. The smallest absolute Gasteiger partial charge is 0.303 e. The zero-order valence-corrected chi connectivity index (χ0v) is 7.71. The molecular weight excluding hydrogens is 156 g/mol. The zero-order valence-electron chi connectivity index (χ0n) is 7.71. The number of ether oxygens (including phenoxy) is 1. The summed E-state index contributed by atoms with van der Waals surface area (Å²) in [7, 11) is 0. The first kappa shape index (κ1) is 11.4. The van der Waals surface area contributed by atoms with E-state index in [-0.39, 0.29) is 6.42 Å². The van der Waals surface area contributed by atoms with E-state index in [9.17, 15) is 4.79 Å². The lowest BCUT2D eigenvalue weighted by Gasteiger charge is -2.01. The predicted octanol–water partition coefficient (Wildman–Crippen LogP) is 2.06. The maximum Gasteiger partial charge on any atom is 0.303 e. The van der Waals surface area contributed by atoms with Crippen LogP contribution in [0.25, 0.3) is 0 Å². The molecule has 0 amide bonds. The minimum absolute atomic E-state index is 0.261. The van der Waals surface area contributed by atoms with Gasteiger partial charge < -0.3 is 9.84 Å². The van der Waals surface area contributed by atoms with Crippen molar-refractivity contribution in [2.24, 2.45) is 0 Å². The van der Waals surface area contributed by atoms with Gasteiger partial charge in [-0.25, -0.2) is 0 Å². The van der Waals surface area contributed by atoms with Gasteiger partial charge in [-0.3, -0.25) is 4.79 Å². The van der Waals surface area contributed by atoms with Crippen molar-refractivity contribution in [2.45, 2.75) is 39.0 Å². The molecule has 0 saturated carbocycles. The van der Waals surface area contributed by atoms with Gasteiger partial charge in [0.1, 0.15) is 0 Å². The van der Waals surface area contributed by atoms with E-state index in [0.717, 1.165) is 32.3 Å². The van der Waals surface area contributed by atoms with Crippen LogP contribution in [0.5, 0.6) is 0 Å². The maximum atomic E-state index is 10.1. The average molecular weight is 174 g/mol. The first-order valence-corrected chi connectivity index (χ1v) is 4.57. The number of rotatable bonds is 8. The van der Waals surface area contributed by atoms with Crippen LogP contribution in [-0.2, 0) is 9.53 Å². The lowest BCUT2D eigenvalue weighted by Crippen LogP contribution is -1.99. The summed E-state index contributed by atoms with van der Waals surface area (Å²) in [4.78, 5) is 10.1. The van der Waals surface area contributed by atoms with Crippen molar-refractivity contribution in [3.05, 3.63) is 0 Å². The van der Waals surface area contributed by atoms with E-state index in [0.29, 0.717) is 6.61 Å². The molecule has 0 aromatic carbocycles. The lowest BCUT2D eigenvalue weighted by atomic mass is 10.2. The average Bonchev–Trinajstić information content (AvgIpc) is 2.02. The molecule has 0 fully saturated rings. The fourth-order valence-corrected chi connectivity index (χ4v) is 0.829. The van der Waals surface area contributed by atoms with Gasteiger partial charge in [-0.1, -0.05) is 13.3 Å². The van der Waals surface area contributed by atoms with Gasteiger partial charge in [0.05, 0.1) is 0 Å². The minimum atomic E-state index is -0.719. The fourth-order valence-electron chi connectivity index (χ4n) is 0.829. The van der Waals surface area contributed by atoms with Gasteiger partial charge in [0.25, 0.3) is 0 Å². The summed E-state index contributed by atoms with van der Waals surface area (Å²) in [6.07, 6.45) is 4.09. The Morgan fingerprint density at radius 1 is 1.25 bits per heavy atom. The van der Waals surface area contributed by atoms with Crippen LogP contribution in [0.3, 0.4) is 0 Å². The molecule has 0 unspecified atom stereocenters. The molecule has 0 rings (SSSR count). The van der Waals surface area contributed by atoms with E-state index in [1.807, 2.05) is 0 Å². The Hall–Kier alpha value is -0.570. The summed E-state index contributed by atoms with van der Waals surface area (Å²) in [6, 6.07) is 0. The second kappa shape index (κ2) is 8.53. The molecule has 0 bridgehead atoms. The Labute approximate surface area is 73.7 Å². The topological polar surface area (TPSA) is 46.5 Å². The van der Waals surface area contributed by atoms with Gasteiger partial charge in [-0.2, -0.15) is 0 Å². The summed E-state index contributed by atoms with van der Waals surface area (Å²) in [6.45, 7) is 3.63. The summed E-state index contributed by atoms with van der Waals surface area (Å²) < 4.78 is 5.26. The van der Waals surface area contributed by atoms with Crippen LogP contribution in [0.1, 0.15) is 39.0 Å². The molecular formula is C9H18O3. The van der Waals surface area contributed by atoms with Gasteiger partial charge in [0.15, 0.2) is 0 Å². The predicted molar refractivity (Wildman–Crippen MR) is 47.2 cm³/mol. The molecule has 0 saturated heterocycles. The Kier molecular flexibility index (Phi) is 8.12. The van der Waals surface area contributed by atoms with E-state index in [4.69, 9.17) is 9.84 Å². The number of carbonyl (C=O) groups is 1. The molecule has 0 spiro atoms. The SMILES string of the molecule is CCCCOCCCCC(=O)O. The molecule has 0 heterocycles. The molecule has 0 aromatic heterocycles. The van der Waals surface area contributed by atoms with E-state index in [1.54, 1.807) is 0 Å². The Bertz CT molecular complexity index is 112. The fraction of sp³-hybridized carbons (Fsp3) is 0.889. The zero-order chi connectivity index (χ0) is 9.23. The highest BCUT2D eigenvalue weighted by Crippen LogP contribution is 1.96. The van der Waals surface area contributed by atoms with Crippen molar-refractivity contribution in [3.63, 3.8) is 0 Å². The molecule has 12 heavy (non-hydrogen) atoms. The number of carboxylic acid groups (broad SMARTS) is 1. The Balaban J connectivity index is 2.86. The number of aliphatic carboxylic acids is 1. The summed E-state index contributed by atoms with van der Waals surface area (Å²) >= 11 is 0. The van der Waals surface area contributed by atoms with E-state index < -0.39 is 5.97 Å². The molecule has 0 radical (unpaired) electrons. The molecule has 72 valence electrons. The number of hydrogen-bond donors (Lipinski definition) is 1. The standard InChI is InChI=1S/C9H18O3/c1-2-3-7-12-8-5-4-6-9(10)11/h2-8H2,1H3,(H,10,11). The van der Waals surface area contributed by atoms with Crippen molar-refractivity contribution in [3.8, 4) is 0 Å². The second-order valence-electron chi connectivity index (χ2n) is 2.82. The largest absolute Gasteiger partial charge is 0.481 e. The highest BCUT2D eigenvalue weighted by Gasteiger charge is 1.95. The third-order valence-electron chi connectivity index (χ3n) is 1.57. The van der Waals surface area contributed by atoms with Crippen LogP contribution in [-0.4, -0.2) is 24.3 Å². The quantitative estimate of drug-likeness (QED) is 0.573. The highest BCUT2D eigenvalue weighted by atomic mass is 16.5.